The van der Waals surface area contributed by atoms with E-state index in [4.69, 9.17) is 10.7 Å². The van der Waals surface area contributed by atoms with E-state index in [1.165, 1.54) is 50.1 Å². The van der Waals surface area contributed by atoms with Crippen molar-refractivity contribution in [3.05, 3.63) is 186 Å². The summed E-state index contributed by atoms with van der Waals surface area (Å²) in [6, 6.07) is 53.6. The Labute approximate surface area is 266 Å². The minimum atomic E-state index is -0.00425. The topological polar surface area (TPSA) is 38.4 Å². The summed E-state index contributed by atoms with van der Waals surface area (Å²) < 4.78 is 0. The average Bonchev–Trinajstić information content (AvgIpc) is 3.33. The summed E-state index contributed by atoms with van der Waals surface area (Å²) >= 11 is 0. The molecular weight excluding hydrogens is 544 g/mol. The molecule has 1 aliphatic rings. The van der Waals surface area contributed by atoms with Crippen molar-refractivity contribution in [2.45, 2.75) is 25.7 Å². The molecule has 0 saturated carbocycles. The highest BCUT2D eigenvalue weighted by atomic mass is 14.9. The number of nitrogens with two attached hydrogens (primary N) is 1. The number of allylic oxidation sites excluding steroid dienone is 1. The zero-order valence-electron chi connectivity index (χ0n) is 25.7. The Morgan fingerprint density at radius 2 is 1.13 bits per heavy atom. The van der Waals surface area contributed by atoms with Crippen LogP contribution in [-0.4, -0.2) is 5.84 Å². The number of hydrogen-bond donors (Lipinski definition) is 1. The van der Waals surface area contributed by atoms with Crippen molar-refractivity contribution in [1.82, 2.24) is 0 Å². The summed E-state index contributed by atoms with van der Waals surface area (Å²) in [7, 11) is 0. The summed E-state index contributed by atoms with van der Waals surface area (Å²) in [6.45, 7) is 4.67. The number of hydrogen-bond acceptors (Lipinski definition) is 1. The van der Waals surface area contributed by atoms with Gasteiger partial charge in [0.2, 0.25) is 0 Å². The lowest BCUT2D eigenvalue weighted by molar-refractivity contribution is 0.660. The maximum absolute atomic E-state index is 6.43. The smallest absolute Gasteiger partial charge is 0.131 e. The molecule has 0 heterocycles. The molecule has 2 heteroatoms. The van der Waals surface area contributed by atoms with Gasteiger partial charge in [-0.1, -0.05) is 166 Å². The summed E-state index contributed by atoms with van der Waals surface area (Å²) in [5.74, 6) is 0.510. The Hall–Kier alpha value is -5.47. The molecule has 0 atom stereocenters. The van der Waals surface area contributed by atoms with Crippen LogP contribution in [0.3, 0.4) is 0 Å². The predicted octanol–water partition coefficient (Wildman–Crippen LogP) is 10.3. The molecule has 2 N–H and O–H groups in total. The SMILES string of the molecule is CC1(C)c2ccccc2-c2ccc(-c3ccc(-c4cccc(C/C=C(\N=C(N)c5ccccc5)c5ccccc5)c4)cc3)cc21. The fraction of sp³-hybridized carbons (Fsp3) is 0.0930. The molecule has 0 amide bonds. The van der Waals surface area contributed by atoms with Gasteiger partial charge in [0.25, 0.3) is 0 Å². The first kappa shape index (κ1) is 28.3. The minimum absolute atomic E-state index is 0.00425. The largest absolute Gasteiger partial charge is 0.383 e. The van der Waals surface area contributed by atoms with Gasteiger partial charge in [0.1, 0.15) is 5.84 Å². The zero-order valence-corrected chi connectivity index (χ0v) is 25.7. The lowest BCUT2D eigenvalue weighted by Crippen LogP contribution is -2.14. The van der Waals surface area contributed by atoms with Gasteiger partial charge in [-0.3, -0.25) is 0 Å². The van der Waals surface area contributed by atoms with Crippen LogP contribution in [0.5, 0.6) is 0 Å². The van der Waals surface area contributed by atoms with E-state index in [1.807, 2.05) is 48.5 Å². The van der Waals surface area contributed by atoms with E-state index in [2.05, 4.69) is 123 Å². The van der Waals surface area contributed by atoms with Crippen molar-refractivity contribution in [3.8, 4) is 33.4 Å². The molecule has 0 aliphatic heterocycles. The van der Waals surface area contributed by atoms with Gasteiger partial charge >= 0.3 is 0 Å². The van der Waals surface area contributed by atoms with Gasteiger partial charge in [0.05, 0.1) is 5.70 Å². The first-order chi connectivity index (χ1) is 22.0. The zero-order chi connectivity index (χ0) is 30.8. The summed E-state index contributed by atoms with van der Waals surface area (Å²) in [4.78, 5) is 4.85. The Balaban J connectivity index is 1.14. The predicted molar refractivity (Wildman–Crippen MR) is 190 cm³/mol. The summed E-state index contributed by atoms with van der Waals surface area (Å²) in [5, 5.41) is 0. The quantitative estimate of drug-likeness (QED) is 0.148. The Morgan fingerprint density at radius 1 is 0.556 bits per heavy atom. The van der Waals surface area contributed by atoms with Crippen LogP contribution in [0.2, 0.25) is 0 Å². The average molecular weight is 581 g/mol. The van der Waals surface area contributed by atoms with E-state index in [9.17, 15) is 0 Å². The van der Waals surface area contributed by atoms with Crippen LogP contribution < -0.4 is 5.73 Å². The van der Waals surface area contributed by atoms with E-state index in [1.54, 1.807) is 0 Å². The van der Waals surface area contributed by atoms with E-state index >= 15 is 0 Å². The standard InChI is InChI=1S/C43H36N2/c1-43(2)39-19-10-9-18-37(39)38-26-25-36(29-40(38)43)32-23-21-31(22-24-32)35-17-11-12-30(28-35)20-27-41(33-13-5-3-6-14-33)45-42(44)34-15-7-4-8-16-34/h3-19,21-29H,20H2,1-2H3,(H2,44,45)/b41-27-. The number of nitrogens with zero attached hydrogens (tertiary/aromatic N) is 1. The monoisotopic (exact) mass is 580 g/mol. The van der Waals surface area contributed by atoms with Crippen LogP contribution in [0.1, 0.15) is 41.7 Å². The van der Waals surface area contributed by atoms with Crippen molar-refractivity contribution >= 4 is 11.5 Å². The van der Waals surface area contributed by atoms with Crippen molar-refractivity contribution in [2.75, 3.05) is 0 Å². The van der Waals surface area contributed by atoms with Crippen LogP contribution in [0.4, 0.5) is 0 Å². The van der Waals surface area contributed by atoms with Crippen LogP contribution in [0, 0.1) is 0 Å². The van der Waals surface area contributed by atoms with E-state index in [-0.39, 0.29) is 5.41 Å². The maximum Gasteiger partial charge on any atom is 0.131 e. The number of fused-ring (bicyclic) bond motifs is 3. The third-order valence-corrected chi connectivity index (χ3v) is 8.97. The second-order valence-corrected chi connectivity index (χ2v) is 12.2. The lowest BCUT2D eigenvalue weighted by atomic mass is 9.81. The third kappa shape index (κ3) is 5.63. The number of amidine groups is 1. The highest BCUT2D eigenvalue weighted by Crippen LogP contribution is 2.49. The molecule has 7 rings (SSSR count). The molecule has 1 aliphatic carbocycles. The molecule has 2 nitrogen and oxygen atoms in total. The third-order valence-electron chi connectivity index (χ3n) is 8.97. The van der Waals surface area contributed by atoms with Gasteiger partial charge in [0.15, 0.2) is 0 Å². The van der Waals surface area contributed by atoms with E-state index < -0.39 is 0 Å². The molecule has 6 aromatic carbocycles. The molecule has 45 heavy (non-hydrogen) atoms. The van der Waals surface area contributed by atoms with E-state index in [0.29, 0.717) is 5.84 Å². The van der Waals surface area contributed by atoms with Crippen molar-refractivity contribution in [3.63, 3.8) is 0 Å². The molecule has 6 aromatic rings. The fourth-order valence-electron chi connectivity index (χ4n) is 6.47. The molecule has 0 spiro atoms. The van der Waals surface area contributed by atoms with Gasteiger partial charge in [-0.2, -0.15) is 0 Å². The highest BCUT2D eigenvalue weighted by Gasteiger charge is 2.35. The Morgan fingerprint density at radius 3 is 1.84 bits per heavy atom. The number of aliphatic imine (C=N–C) groups is 1. The highest BCUT2D eigenvalue weighted by molar-refractivity contribution is 6.00. The Kier molecular flexibility index (Phi) is 7.49. The second kappa shape index (κ2) is 11.9. The fourth-order valence-corrected chi connectivity index (χ4v) is 6.47. The Bertz CT molecular complexity index is 2030. The first-order valence-electron chi connectivity index (χ1n) is 15.6. The molecule has 0 unspecified atom stereocenters. The molecule has 0 radical (unpaired) electrons. The van der Waals surface area contributed by atoms with Crippen LogP contribution in [0.25, 0.3) is 39.1 Å². The van der Waals surface area contributed by atoms with E-state index in [0.717, 1.165) is 23.2 Å². The lowest BCUT2D eigenvalue weighted by Gasteiger charge is -2.22. The van der Waals surface area contributed by atoms with Crippen LogP contribution in [0.15, 0.2) is 163 Å². The number of rotatable bonds is 7. The molecule has 0 fully saturated rings. The van der Waals surface area contributed by atoms with Gasteiger partial charge < -0.3 is 5.73 Å². The maximum atomic E-state index is 6.43. The normalized spacial score (nSPS) is 13.7. The molecule has 0 saturated heterocycles. The summed E-state index contributed by atoms with van der Waals surface area (Å²) in [6.07, 6.45) is 2.91. The van der Waals surface area contributed by atoms with Gasteiger partial charge in [-0.25, -0.2) is 4.99 Å². The molecular formula is C43H36N2. The number of benzene rings is 6. The van der Waals surface area contributed by atoms with Crippen molar-refractivity contribution in [2.24, 2.45) is 10.7 Å². The first-order valence-corrected chi connectivity index (χ1v) is 15.6. The van der Waals surface area contributed by atoms with Crippen LogP contribution in [-0.2, 0) is 11.8 Å². The minimum Gasteiger partial charge on any atom is -0.383 e. The van der Waals surface area contributed by atoms with Crippen LogP contribution >= 0.6 is 0 Å². The van der Waals surface area contributed by atoms with Gasteiger partial charge in [-0.05, 0) is 68.1 Å². The van der Waals surface area contributed by atoms with Crippen molar-refractivity contribution in [1.29, 1.82) is 0 Å². The van der Waals surface area contributed by atoms with Crippen molar-refractivity contribution < 1.29 is 0 Å². The molecule has 218 valence electrons. The van der Waals surface area contributed by atoms with Gasteiger partial charge in [0, 0.05) is 11.0 Å². The second-order valence-electron chi connectivity index (χ2n) is 12.2. The molecule has 0 aromatic heterocycles. The molecule has 0 bridgehead atoms. The van der Waals surface area contributed by atoms with Gasteiger partial charge in [-0.15, -0.1) is 0 Å². The summed E-state index contributed by atoms with van der Waals surface area (Å²) in [5.41, 5.74) is 20.9.